The van der Waals surface area contributed by atoms with E-state index < -0.39 is 11.6 Å². The van der Waals surface area contributed by atoms with E-state index in [2.05, 4.69) is 9.88 Å². The number of carbonyl (C=O) groups excluding carboxylic acids is 2. The Balaban J connectivity index is 1.54. The number of hydrogen-bond donors (Lipinski definition) is 1. The molecular weight excluding hydrogens is 296 g/mol. The maximum atomic E-state index is 12.7. The van der Waals surface area contributed by atoms with Crippen LogP contribution in [0.1, 0.15) is 12.0 Å². The minimum absolute atomic E-state index is 0.143. The zero-order valence-corrected chi connectivity index (χ0v) is 13.1. The summed E-state index contributed by atoms with van der Waals surface area (Å²) in [5.41, 5.74) is 0.445. The number of aliphatic hydroxyl groups excluding tert-OH is 1. The SMILES string of the molecule is CN1C(=O)[C@@H]2C[C@@H](O)CN2C2(CN(Cc3cccnc3)C2)C1=O. The number of β-amino-alcohol motifs (C(OH)–C–C–N with tert-alkyl or cyclic N) is 1. The second kappa shape index (κ2) is 5.09. The van der Waals surface area contributed by atoms with Gasteiger partial charge in [-0.05, 0) is 18.1 Å². The van der Waals surface area contributed by atoms with Gasteiger partial charge in [0.2, 0.25) is 5.91 Å². The van der Waals surface area contributed by atoms with E-state index in [1.165, 1.54) is 4.90 Å². The highest BCUT2D eigenvalue weighted by Crippen LogP contribution is 2.40. The van der Waals surface area contributed by atoms with Crippen molar-refractivity contribution in [2.75, 3.05) is 26.7 Å². The van der Waals surface area contributed by atoms with Gasteiger partial charge in [0.25, 0.3) is 5.91 Å². The summed E-state index contributed by atoms with van der Waals surface area (Å²) in [5, 5.41) is 9.96. The molecule has 2 amide bonds. The molecule has 1 aromatic rings. The number of nitrogens with zero attached hydrogens (tertiary/aromatic N) is 4. The van der Waals surface area contributed by atoms with Crippen LogP contribution < -0.4 is 0 Å². The van der Waals surface area contributed by atoms with Crippen molar-refractivity contribution in [1.82, 2.24) is 19.7 Å². The first kappa shape index (κ1) is 14.7. The molecule has 1 spiro atoms. The van der Waals surface area contributed by atoms with Gasteiger partial charge in [0.1, 0.15) is 5.54 Å². The van der Waals surface area contributed by atoms with Gasteiger partial charge in [0.15, 0.2) is 0 Å². The Labute approximate surface area is 134 Å². The molecule has 3 aliphatic heterocycles. The molecule has 122 valence electrons. The summed E-state index contributed by atoms with van der Waals surface area (Å²) in [6.45, 7) is 2.31. The fourth-order valence-electron chi connectivity index (χ4n) is 4.15. The van der Waals surface area contributed by atoms with Gasteiger partial charge < -0.3 is 5.11 Å². The van der Waals surface area contributed by atoms with Crippen molar-refractivity contribution < 1.29 is 14.7 Å². The van der Waals surface area contributed by atoms with Crippen LogP contribution in [0.5, 0.6) is 0 Å². The zero-order chi connectivity index (χ0) is 16.2. The molecule has 4 heterocycles. The molecule has 4 rings (SSSR count). The van der Waals surface area contributed by atoms with Crippen LogP contribution in [0.15, 0.2) is 24.5 Å². The monoisotopic (exact) mass is 316 g/mol. The maximum Gasteiger partial charge on any atom is 0.252 e. The van der Waals surface area contributed by atoms with Gasteiger partial charge in [-0.15, -0.1) is 0 Å². The van der Waals surface area contributed by atoms with E-state index in [0.29, 0.717) is 26.1 Å². The lowest BCUT2D eigenvalue weighted by Crippen LogP contribution is -2.80. The predicted octanol–water partition coefficient (Wildman–Crippen LogP) is -0.930. The van der Waals surface area contributed by atoms with Crippen LogP contribution in [-0.4, -0.2) is 81.0 Å². The number of hydrogen-bond acceptors (Lipinski definition) is 6. The molecule has 0 unspecified atom stereocenters. The highest BCUT2D eigenvalue weighted by atomic mass is 16.3. The highest BCUT2D eigenvalue weighted by molar-refractivity contribution is 6.05. The normalized spacial score (nSPS) is 30.6. The average Bonchev–Trinajstić information content (AvgIpc) is 2.90. The van der Waals surface area contributed by atoms with Crippen LogP contribution in [0.25, 0.3) is 0 Å². The summed E-state index contributed by atoms with van der Waals surface area (Å²) < 4.78 is 0. The smallest absolute Gasteiger partial charge is 0.252 e. The molecule has 0 radical (unpaired) electrons. The average molecular weight is 316 g/mol. The van der Waals surface area contributed by atoms with E-state index in [-0.39, 0.29) is 17.9 Å². The van der Waals surface area contributed by atoms with Crippen molar-refractivity contribution in [2.24, 2.45) is 0 Å². The highest BCUT2D eigenvalue weighted by Gasteiger charge is 2.63. The van der Waals surface area contributed by atoms with Gasteiger partial charge in [0, 0.05) is 45.6 Å². The number of pyridine rings is 1. The van der Waals surface area contributed by atoms with Crippen LogP contribution in [0, 0.1) is 0 Å². The number of likely N-dealkylation sites (N-methyl/N-ethyl adjacent to an activating group) is 1. The van der Waals surface area contributed by atoms with E-state index >= 15 is 0 Å². The number of aromatic nitrogens is 1. The number of aliphatic hydroxyl groups is 1. The van der Waals surface area contributed by atoms with Crippen molar-refractivity contribution >= 4 is 11.8 Å². The van der Waals surface area contributed by atoms with Crippen molar-refractivity contribution in [3.05, 3.63) is 30.1 Å². The summed E-state index contributed by atoms with van der Waals surface area (Å²) in [4.78, 5) is 34.5. The second-order valence-corrected chi connectivity index (χ2v) is 6.80. The molecule has 7 nitrogen and oxygen atoms in total. The maximum absolute atomic E-state index is 12.7. The number of imide groups is 1. The molecule has 0 aromatic carbocycles. The van der Waals surface area contributed by atoms with E-state index in [9.17, 15) is 14.7 Å². The molecular formula is C16H20N4O3. The molecule has 23 heavy (non-hydrogen) atoms. The van der Waals surface area contributed by atoms with Gasteiger partial charge >= 0.3 is 0 Å². The summed E-state index contributed by atoms with van der Waals surface area (Å²) in [7, 11) is 1.55. The Hall–Kier alpha value is -1.83. The zero-order valence-electron chi connectivity index (χ0n) is 13.1. The fourth-order valence-corrected chi connectivity index (χ4v) is 4.15. The number of likely N-dealkylation sites (tertiary alicyclic amines) is 1. The standard InChI is InChI=1S/C16H20N4O3/c1-18-14(22)13-5-12(21)8-20(13)16(15(18)23)9-19(10-16)7-11-3-2-4-17-6-11/h2-4,6,12-13,21H,5,7-10H2,1H3/t12-,13+/m1/s1. The largest absolute Gasteiger partial charge is 0.392 e. The lowest BCUT2D eigenvalue weighted by Gasteiger charge is -2.58. The van der Waals surface area contributed by atoms with Gasteiger partial charge in [-0.2, -0.15) is 0 Å². The van der Waals surface area contributed by atoms with E-state index in [1.807, 2.05) is 23.2 Å². The molecule has 3 saturated heterocycles. The Morgan fingerprint density at radius 2 is 2.17 bits per heavy atom. The number of carbonyl (C=O) groups is 2. The first-order valence-corrected chi connectivity index (χ1v) is 7.89. The molecule has 0 bridgehead atoms. The van der Waals surface area contributed by atoms with E-state index in [4.69, 9.17) is 0 Å². The topological polar surface area (TPSA) is 77.0 Å². The molecule has 1 N–H and O–H groups in total. The van der Waals surface area contributed by atoms with Crippen LogP contribution in [0.2, 0.25) is 0 Å². The second-order valence-electron chi connectivity index (χ2n) is 6.80. The third-order valence-electron chi connectivity index (χ3n) is 5.25. The van der Waals surface area contributed by atoms with E-state index in [0.717, 1.165) is 12.1 Å². The van der Waals surface area contributed by atoms with Crippen molar-refractivity contribution in [1.29, 1.82) is 0 Å². The Morgan fingerprint density at radius 1 is 1.39 bits per heavy atom. The van der Waals surface area contributed by atoms with E-state index in [1.54, 1.807) is 13.2 Å². The Morgan fingerprint density at radius 3 is 2.87 bits per heavy atom. The van der Waals surface area contributed by atoms with Crippen LogP contribution >= 0.6 is 0 Å². The number of amides is 2. The first-order chi connectivity index (χ1) is 11.0. The number of fused-ring (bicyclic) bond motifs is 2. The first-order valence-electron chi connectivity index (χ1n) is 7.89. The quantitative estimate of drug-likeness (QED) is 0.711. The molecule has 0 aliphatic carbocycles. The molecule has 3 fully saturated rings. The molecule has 3 aliphatic rings. The molecule has 1 aromatic heterocycles. The summed E-state index contributed by atoms with van der Waals surface area (Å²) in [5.74, 6) is -0.335. The predicted molar refractivity (Wildman–Crippen MR) is 81.1 cm³/mol. The van der Waals surface area contributed by atoms with Crippen LogP contribution in [0.3, 0.4) is 0 Å². The lowest BCUT2D eigenvalue weighted by molar-refractivity contribution is -0.178. The Bertz CT molecular complexity index is 644. The van der Waals surface area contributed by atoms with Gasteiger partial charge in [-0.25, -0.2) is 0 Å². The number of piperazine rings is 1. The van der Waals surface area contributed by atoms with Crippen molar-refractivity contribution in [2.45, 2.75) is 30.7 Å². The minimum Gasteiger partial charge on any atom is -0.392 e. The summed E-state index contributed by atoms with van der Waals surface area (Å²) >= 11 is 0. The minimum atomic E-state index is -0.660. The van der Waals surface area contributed by atoms with Crippen molar-refractivity contribution in [3.63, 3.8) is 0 Å². The number of rotatable bonds is 2. The molecule has 7 heteroatoms. The van der Waals surface area contributed by atoms with Gasteiger partial charge in [-0.1, -0.05) is 6.07 Å². The van der Waals surface area contributed by atoms with Crippen LogP contribution in [-0.2, 0) is 16.1 Å². The fraction of sp³-hybridized carbons (Fsp3) is 0.562. The lowest BCUT2D eigenvalue weighted by atomic mass is 9.82. The van der Waals surface area contributed by atoms with Crippen molar-refractivity contribution in [3.8, 4) is 0 Å². The van der Waals surface area contributed by atoms with Gasteiger partial charge in [-0.3, -0.25) is 29.3 Å². The Kier molecular flexibility index (Phi) is 3.26. The molecule has 0 saturated carbocycles. The van der Waals surface area contributed by atoms with Crippen LogP contribution in [0.4, 0.5) is 0 Å². The summed E-state index contributed by atoms with van der Waals surface area (Å²) in [6, 6.07) is 3.54. The molecule has 2 atom stereocenters. The summed E-state index contributed by atoms with van der Waals surface area (Å²) in [6.07, 6.45) is 3.45. The third-order valence-corrected chi connectivity index (χ3v) is 5.25. The third kappa shape index (κ3) is 2.11. The van der Waals surface area contributed by atoms with Gasteiger partial charge in [0.05, 0.1) is 12.1 Å².